The van der Waals surface area contributed by atoms with Crippen molar-refractivity contribution in [2.75, 3.05) is 39.9 Å². The van der Waals surface area contributed by atoms with Crippen LogP contribution in [0.25, 0.3) is 0 Å². The van der Waals surface area contributed by atoms with E-state index < -0.39 is 11.6 Å². The van der Waals surface area contributed by atoms with Gasteiger partial charge < -0.3 is 15.0 Å². The molecule has 2 aliphatic heterocycles. The number of likely N-dealkylation sites (tertiary alicyclic amines) is 1. The molecule has 7 heteroatoms. The van der Waals surface area contributed by atoms with Crippen molar-refractivity contribution >= 4 is 29.9 Å². The van der Waals surface area contributed by atoms with Crippen LogP contribution in [0.5, 0.6) is 0 Å². The number of hydrogen-bond acceptors (Lipinski definition) is 2. The summed E-state index contributed by atoms with van der Waals surface area (Å²) in [5, 5.41) is 3.33. The molecule has 2 aliphatic rings. The van der Waals surface area contributed by atoms with Gasteiger partial charge in [-0.25, -0.2) is 8.78 Å². The molecule has 2 saturated heterocycles. The van der Waals surface area contributed by atoms with Crippen LogP contribution in [0, 0.1) is 17.0 Å². The van der Waals surface area contributed by atoms with Crippen LogP contribution < -0.4 is 5.32 Å². The molecule has 2 fully saturated rings. The minimum absolute atomic E-state index is 0. The number of ether oxygens (including phenoxy) is 1. The van der Waals surface area contributed by atoms with Gasteiger partial charge in [-0.3, -0.25) is 4.99 Å². The second kappa shape index (κ2) is 8.62. The first kappa shape index (κ1) is 20.4. The smallest absolute Gasteiger partial charge is 0.193 e. The predicted molar refractivity (Wildman–Crippen MR) is 106 cm³/mol. The third-order valence-corrected chi connectivity index (χ3v) is 5.19. The van der Waals surface area contributed by atoms with Gasteiger partial charge in [-0.15, -0.1) is 24.0 Å². The summed E-state index contributed by atoms with van der Waals surface area (Å²) >= 11 is 0. The Kier molecular flexibility index (Phi) is 7.01. The molecule has 0 bridgehead atoms. The van der Waals surface area contributed by atoms with Crippen LogP contribution in [-0.2, 0) is 4.74 Å². The Bertz CT molecular complexity index is 620. The molecule has 140 valence electrons. The van der Waals surface area contributed by atoms with Crippen LogP contribution in [0.3, 0.4) is 0 Å². The standard InChI is InChI=1S/C18H25F2N3O.HI/c1-13(15-4-3-14(19)9-16(15)20)10-22-17(21-2)23-7-5-18(11-23)6-8-24-12-18;/h3-4,9,13H,5-8,10-12H2,1-2H3,(H,21,22);1H. The molecule has 1 spiro atoms. The van der Waals surface area contributed by atoms with Gasteiger partial charge in [-0.05, 0) is 24.5 Å². The zero-order chi connectivity index (χ0) is 17.2. The SMILES string of the molecule is CN=C(NCC(C)c1ccc(F)cc1F)N1CCC2(CCOC2)C1.I. The van der Waals surface area contributed by atoms with E-state index in [-0.39, 0.29) is 35.3 Å². The van der Waals surface area contributed by atoms with Crippen LogP contribution in [0.15, 0.2) is 23.2 Å². The van der Waals surface area contributed by atoms with E-state index in [0.717, 1.165) is 51.2 Å². The summed E-state index contributed by atoms with van der Waals surface area (Å²) in [4.78, 5) is 6.62. The van der Waals surface area contributed by atoms with Crippen molar-refractivity contribution in [3.05, 3.63) is 35.4 Å². The van der Waals surface area contributed by atoms with E-state index in [1.807, 2.05) is 6.92 Å². The zero-order valence-corrected chi connectivity index (χ0v) is 17.1. The van der Waals surface area contributed by atoms with Gasteiger partial charge in [0.25, 0.3) is 0 Å². The Hall–Kier alpha value is -0.960. The number of nitrogens with one attached hydrogen (secondary N) is 1. The lowest BCUT2D eigenvalue weighted by atomic mass is 9.87. The average molecular weight is 465 g/mol. The van der Waals surface area contributed by atoms with E-state index in [1.54, 1.807) is 7.05 Å². The van der Waals surface area contributed by atoms with E-state index in [4.69, 9.17) is 4.74 Å². The third-order valence-electron chi connectivity index (χ3n) is 5.19. The molecule has 2 atom stereocenters. The number of guanidine groups is 1. The number of halogens is 3. The van der Waals surface area contributed by atoms with Crippen molar-refractivity contribution in [1.29, 1.82) is 0 Å². The molecule has 0 aromatic heterocycles. The van der Waals surface area contributed by atoms with E-state index in [1.165, 1.54) is 12.1 Å². The first-order valence-corrected chi connectivity index (χ1v) is 8.51. The minimum Gasteiger partial charge on any atom is -0.381 e. The van der Waals surface area contributed by atoms with E-state index >= 15 is 0 Å². The molecule has 0 radical (unpaired) electrons. The second-order valence-corrected chi connectivity index (χ2v) is 6.97. The van der Waals surface area contributed by atoms with Gasteiger partial charge in [0.15, 0.2) is 5.96 Å². The molecule has 1 N–H and O–H groups in total. The van der Waals surface area contributed by atoms with Crippen LogP contribution in [0.2, 0.25) is 0 Å². The summed E-state index contributed by atoms with van der Waals surface area (Å²) < 4.78 is 32.5. The second-order valence-electron chi connectivity index (χ2n) is 6.97. The summed E-state index contributed by atoms with van der Waals surface area (Å²) in [6, 6.07) is 3.75. The number of hydrogen-bond donors (Lipinski definition) is 1. The summed E-state index contributed by atoms with van der Waals surface area (Å²) in [6.45, 7) is 6.06. The van der Waals surface area contributed by atoms with Crippen LogP contribution >= 0.6 is 24.0 Å². The van der Waals surface area contributed by atoms with Crippen LogP contribution in [-0.4, -0.2) is 50.8 Å². The third kappa shape index (κ3) is 4.61. The number of nitrogens with zero attached hydrogens (tertiary/aromatic N) is 2. The van der Waals surface area contributed by atoms with Crippen LogP contribution in [0.4, 0.5) is 8.78 Å². The molecule has 25 heavy (non-hydrogen) atoms. The average Bonchev–Trinajstić information content (AvgIpc) is 3.18. The van der Waals surface area contributed by atoms with Crippen molar-refractivity contribution in [2.45, 2.75) is 25.7 Å². The summed E-state index contributed by atoms with van der Waals surface area (Å²) in [6.07, 6.45) is 2.23. The van der Waals surface area contributed by atoms with Crippen molar-refractivity contribution < 1.29 is 13.5 Å². The van der Waals surface area contributed by atoms with Crippen molar-refractivity contribution in [2.24, 2.45) is 10.4 Å². The van der Waals surface area contributed by atoms with Gasteiger partial charge in [0, 0.05) is 50.7 Å². The maximum absolute atomic E-state index is 13.9. The number of rotatable bonds is 3. The highest BCUT2D eigenvalue weighted by Crippen LogP contribution is 2.38. The lowest BCUT2D eigenvalue weighted by Gasteiger charge is -2.26. The monoisotopic (exact) mass is 465 g/mol. The minimum atomic E-state index is -0.548. The molecule has 0 aliphatic carbocycles. The van der Waals surface area contributed by atoms with Crippen LogP contribution in [0.1, 0.15) is 31.2 Å². The van der Waals surface area contributed by atoms with E-state index in [9.17, 15) is 8.78 Å². The molecular weight excluding hydrogens is 439 g/mol. The molecule has 0 saturated carbocycles. The summed E-state index contributed by atoms with van der Waals surface area (Å²) in [5.74, 6) is -0.280. The molecular formula is C18H26F2IN3O. The first-order valence-electron chi connectivity index (χ1n) is 8.51. The Balaban J connectivity index is 0.00000225. The zero-order valence-electron chi connectivity index (χ0n) is 14.7. The fourth-order valence-electron chi connectivity index (χ4n) is 3.68. The Morgan fingerprint density at radius 1 is 1.40 bits per heavy atom. The Morgan fingerprint density at radius 3 is 2.84 bits per heavy atom. The van der Waals surface area contributed by atoms with Gasteiger partial charge >= 0.3 is 0 Å². The lowest BCUT2D eigenvalue weighted by Crippen LogP contribution is -2.42. The van der Waals surface area contributed by atoms with Gasteiger partial charge in [-0.2, -0.15) is 0 Å². The van der Waals surface area contributed by atoms with Crippen molar-refractivity contribution in [3.63, 3.8) is 0 Å². The van der Waals surface area contributed by atoms with Crippen molar-refractivity contribution in [1.82, 2.24) is 10.2 Å². The van der Waals surface area contributed by atoms with Gasteiger partial charge in [0.1, 0.15) is 11.6 Å². The molecule has 0 amide bonds. The summed E-state index contributed by atoms with van der Waals surface area (Å²) in [5.41, 5.74) is 0.785. The highest BCUT2D eigenvalue weighted by atomic mass is 127. The number of aliphatic imine (C=N–C) groups is 1. The fraction of sp³-hybridized carbons (Fsp3) is 0.611. The molecule has 2 heterocycles. The number of benzene rings is 1. The van der Waals surface area contributed by atoms with Gasteiger partial charge in [-0.1, -0.05) is 13.0 Å². The molecule has 1 aromatic rings. The highest BCUT2D eigenvalue weighted by molar-refractivity contribution is 14.0. The Morgan fingerprint density at radius 2 is 2.20 bits per heavy atom. The fourth-order valence-corrected chi connectivity index (χ4v) is 3.68. The lowest BCUT2D eigenvalue weighted by molar-refractivity contribution is 0.156. The van der Waals surface area contributed by atoms with E-state index in [2.05, 4.69) is 15.2 Å². The molecule has 2 unspecified atom stereocenters. The predicted octanol–water partition coefficient (Wildman–Crippen LogP) is 3.37. The molecule has 4 nitrogen and oxygen atoms in total. The highest BCUT2D eigenvalue weighted by Gasteiger charge is 2.42. The molecule has 1 aromatic carbocycles. The van der Waals surface area contributed by atoms with Gasteiger partial charge in [0.05, 0.1) is 6.61 Å². The quantitative estimate of drug-likeness (QED) is 0.423. The largest absolute Gasteiger partial charge is 0.381 e. The maximum atomic E-state index is 13.9. The topological polar surface area (TPSA) is 36.9 Å². The maximum Gasteiger partial charge on any atom is 0.193 e. The summed E-state index contributed by atoms with van der Waals surface area (Å²) in [7, 11) is 1.77. The first-order chi connectivity index (χ1) is 11.5. The van der Waals surface area contributed by atoms with Crippen molar-refractivity contribution in [3.8, 4) is 0 Å². The molecule has 3 rings (SSSR count). The van der Waals surface area contributed by atoms with Gasteiger partial charge in [0.2, 0.25) is 0 Å². The van der Waals surface area contributed by atoms with E-state index in [0.29, 0.717) is 12.1 Å². The normalized spacial score (nSPS) is 24.5. The Labute approximate surface area is 165 Å².